The summed E-state index contributed by atoms with van der Waals surface area (Å²) >= 11 is 0. The van der Waals surface area contributed by atoms with Crippen molar-refractivity contribution in [2.24, 2.45) is 17.6 Å². The first kappa shape index (κ1) is 21.5. The van der Waals surface area contributed by atoms with Gasteiger partial charge in [-0.15, -0.1) is 0 Å². The molecule has 4 rings (SSSR count). The van der Waals surface area contributed by atoms with Crippen molar-refractivity contribution in [3.63, 3.8) is 0 Å². The first-order chi connectivity index (χ1) is 14.8. The smallest absolute Gasteiger partial charge is 0.232 e. The lowest BCUT2D eigenvalue weighted by Gasteiger charge is -2.28. The summed E-state index contributed by atoms with van der Waals surface area (Å²) in [5.74, 6) is 3.59. The maximum Gasteiger partial charge on any atom is 0.232 e. The summed E-state index contributed by atoms with van der Waals surface area (Å²) in [5, 5.41) is 6.88. The van der Waals surface area contributed by atoms with Gasteiger partial charge in [0.1, 0.15) is 0 Å². The fraction of sp³-hybridized carbons (Fsp3) is 0.850. The molecular formula is C20H35N7O3. The molecule has 4 N–H and O–H groups in total. The van der Waals surface area contributed by atoms with Crippen LogP contribution < -0.4 is 21.3 Å². The van der Waals surface area contributed by atoms with E-state index in [4.69, 9.17) is 24.9 Å². The van der Waals surface area contributed by atoms with Gasteiger partial charge in [-0.05, 0) is 31.1 Å². The minimum Gasteiger partial charge on any atom is -0.378 e. The predicted octanol–water partition coefficient (Wildman–Crippen LogP) is 0.713. The van der Waals surface area contributed by atoms with Gasteiger partial charge in [0.05, 0.1) is 39.6 Å². The van der Waals surface area contributed by atoms with Crippen LogP contribution in [0.1, 0.15) is 25.7 Å². The summed E-state index contributed by atoms with van der Waals surface area (Å²) in [6.07, 6.45) is 5.27. The van der Waals surface area contributed by atoms with Crippen molar-refractivity contribution in [3.8, 4) is 0 Å². The number of hydrogen-bond donors (Lipinski definition) is 3. The van der Waals surface area contributed by atoms with Crippen molar-refractivity contribution in [3.05, 3.63) is 0 Å². The Morgan fingerprint density at radius 3 is 2.50 bits per heavy atom. The molecule has 2 heterocycles. The van der Waals surface area contributed by atoms with E-state index in [1.54, 1.807) is 0 Å². The Hall–Kier alpha value is -1.75. The molecule has 0 spiro atoms. The van der Waals surface area contributed by atoms with Gasteiger partial charge >= 0.3 is 0 Å². The van der Waals surface area contributed by atoms with Crippen LogP contribution in [-0.4, -0.2) is 86.8 Å². The van der Waals surface area contributed by atoms with Crippen LogP contribution >= 0.6 is 0 Å². The van der Waals surface area contributed by atoms with Gasteiger partial charge in [0, 0.05) is 32.2 Å². The number of morpholine rings is 1. The molecule has 2 saturated carbocycles. The zero-order chi connectivity index (χ0) is 20.6. The van der Waals surface area contributed by atoms with Gasteiger partial charge < -0.3 is 35.5 Å². The van der Waals surface area contributed by atoms with E-state index in [-0.39, 0.29) is 0 Å². The maximum absolute atomic E-state index is 5.58. The highest BCUT2D eigenvalue weighted by molar-refractivity contribution is 5.44. The topological polar surface area (TPSA) is 120 Å². The molecule has 168 valence electrons. The summed E-state index contributed by atoms with van der Waals surface area (Å²) in [6.45, 7) is 6.37. The van der Waals surface area contributed by atoms with Crippen LogP contribution in [0.15, 0.2) is 0 Å². The molecule has 2 bridgehead atoms. The molecular weight excluding hydrogens is 386 g/mol. The number of nitrogens with two attached hydrogens (primary N) is 1. The summed E-state index contributed by atoms with van der Waals surface area (Å²) in [5.41, 5.74) is 5.39. The van der Waals surface area contributed by atoms with Crippen LogP contribution in [0.25, 0.3) is 0 Å². The third kappa shape index (κ3) is 5.90. The zero-order valence-corrected chi connectivity index (χ0v) is 17.7. The molecule has 1 aromatic heterocycles. The van der Waals surface area contributed by atoms with E-state index in [9.17, 15) is 0 Å². The third-order valence-electron chi connectivity index (χ3n) is 6.13. The number of aromatic nitrogens is 3. The quantitative estimate of drug-likeness (QED) is 0.416. The van der Waals surface area contributed by atoms with Gasteiger partial charge in [-0.25, -0.2) is 0 Å². The standard InChI is InChI=1S/C20H35N7O3/c21-3-7-28-11-12-29-8-4-22-18-24-19(23-17-14-15-1-2-16(17)13-15)26-20(25-18)27-5-9-30-10-6-27/h15-17H,1-14,21H2,(H2,22,23,24,25,26). The Morgan fingerprint density at radius 2 is 1.77 bits per heavy atom. The monoisotopic (exact) mass is 421 g/mol. The minimum absolute atomic E-state index is 0.480. The van der Waals surface area contributed by atoms with Crippen molar-refractivity contribution in [2.75, 3.05) is 81.4 Å². The third-order valence-corrected chi connectivity index (χ3v) is 6.13. The van der Waals surface area contributed by atoms with Gasteiger partial charge in [-0.1, -0.05) is 6.42 Å². The van der Waals surface area contributed by atoms with Crippen molar-refractivity contribution in [1.29, 1.82) is 0 Å². The summed E-state index contributed by atoms with van der Waals surface area (Å²) in [6, 6.07) is 0.480. The molecule has 0 aromatic carbocycles. The first-order valence-electron chi connectivity index (χ1n) is 11.3. The first-order valence-corrected chi connectivity index (χ1v) is 11.3. The second-order valence-corrected chi connectivity index (χ2v) is 8.25. The van der Waals surface area contributed by atoms with Gasteiger partial charge in [-0.3, -0.25) is 0 Å². The predicted molar refractivity (Wildman–Crippen MR) is 115 cm³/mol. The zero-order valence-electron chi connectivity index (χ0n) is 17.7. The highest BCUT2D eigenvalue weighted by Crippen LogP contribution is 2.45. The molecule has 10 nitrogen and oxygen atoms in total. The van der Waals surface area contributed by atoms with Crippen LogP contribution in [-0.2, 0) is 14.2 Å². The second kappa shape index (κ2) is 11.0. The maximum atomic E-state index is 5.58. The number of ether oxygens (including phenoxy) is 3. The lowest BCUT2D eigenvalue weighted by molar-refractivity contribution is 0.0547. The van der Waals surface area contributed by atoms with Crippen LogP contribution in [0, 0.1) is 11.8 Å². The molecule has 3 fully saturated rings. The van der Waals surface area contributed by atoms with Crippen LogP contribution in [0.2, 0.25) is 0 Å². The number of fused-ring (bicyclic) bond motifs is 2. The van der Waals surface area contributed by atoms with E-state index in [1.807, 2.05) is 0 Å². The fourth-order valence-electron chi connectivity index (χ4n) is 4.64. The van der Waals surface area contributed by atoms with Gasteiger partial charge in [0.15, 0.2) is 0 Å². The molecule has 1 aromatic rings. The van der Waals surface area contributed by atoms with Crippen molar-refractivity contribution >= 4 is 17.8 Å². The Balaban J connectivity index is 1.32. The average molecular weight is 422 g/mol. The molecule has 10 heteroatoms. The van der Waals surface area contributed by atoms with E-state index in [0.29, 0.717) is 76.6 Å². The largest absolute Gasteiger partial charge is 0.378 e. The SMILES string of the molecule is NCCOCCOCCNc1nc(NC2CC3CCC2C3)nc(N2CCOCC2)n1. The molecule has 0 radical (unpaired) electrons. The van der Waals surface area contributed by atoms with E-state index in [2.05, 4.69) is 25.5 Å². The Bertz CT molecular complexity index is 659. The number of anilines is 3. The van der Waals surface area contributed by atoms with E-state index in [0.717, 1.165) is 24.9 Å². The minimum atomic E-state index is 0.480. The Morgan fingerprint density at radius 1 is 0.967 bits per heavy atom. The van der Waals surface area contributed by atoms with Crippen LogP contribution in [0.4, 0.5) is 17.8 Å². The molecule has 30 heavy (non-hydrogen) atoms. The molecule has 1 aliphatic heterocycles. The summed E-state index contributed by atoms with van der Waals surface area (Å²) < 4.78 is 16.4. The summed E-state index contributed by atoms with van der Waals surface area (Å²) in [4.78, 5) is 16.2. The molecule has 2 aliphatic carbocycles. The normalized spacial score (nSPS) is 25.6. The number of hydrogen-bond acceptors (Lipinski definition) is 10. The van der Waals surface area contributed by atoms with Gasteiger partial charge in [-0.2, -0.15) is 15.0 Å². The van der Waals surface area contributed by atoms with E-state index >= 15 is 0 Å². The number of rotatable bonds is 12. The van der Waals surface area contributed by atoms with Crippen molar-refractivity contribution in [2.45, 2.75) is 31.7 Å². The van der Waals surface area contributed by atoms with Crippen LogP contribution in [0.3, 0.4) is 0 Å². The average Bonchev–Trinajstić information content (AvgIpc) is 3.39. The van der Waals surface area contributed by atoms with Crippen molar-refractivity contribution in [1.82, 2.24) is 15.0 Å². The number of nitrogens with one attached hydrogen (secondary N) is 2. The Labute approximate surface area is 178 Å². The van der Waals surface area contributed by atoms with Gasteiger partial charge in [0.25, 0.3) is 0 Å². The van der Waals surface area contributed by atoms with Crippen molar-refractivity contribution < 1.29 is 14.2 Å². The molecule has 3 atom stereocenters. The fourth-order valence-corrected chi connectivity index (χ4v) is 4.64. The second-order valence-electron chi connectivity index (χ2n) is 8.25. The lowest BCUT2D eigenvalue weighted by atomic mass is 9.95. The molecule has 1 saturated heterocycles. The van der Waals surface area contributed by atoms with Gasteiger partial charge in [0.2, 0.25) is 17.8 Å². The number of nitrogens with zero attached hydrogens (tertiary/aromatic N) is 4. The lowest BCUT2D eigenvalue weighted by Crippen LogP contribution is -2.38. The highest BCUT2D eigenvalue weighted by Gasteiger charge is 2.39. The Kier molecular flexibility index (Phi) is 7.90. The summed E-state index contributed by atoms with van der Waals surface area (Å²) in [7, 11) is 0. The highest BCUT2D eigenvalue weighted by atomic mass is 16.5. The molecule has 3 aliphatic rings. The van der Waals surface area contributed by atoms with Crippen LogP contribution in [0.5, 0.6) is 0 Å². The molecule has 3 unspecified atom stereocenters. The molecule has 0 amide bonds. The van der Waals surface area contributed by atoms with E-state index in [1.165, 1.54) is 25.7 Å². The van der Waals surface area contributed by atoms with E-state index < -0.39 is 0 Å².